The Morgan fingerprint density at radius 1 is 0.968 bits per heavy atom. The molecule has 1 aliphatic heterocycles. The van der Waals surface area contributed by atoms with Crippen molar-refractivity contribution in [2.45, 2.75) is 20.4 Å². The van der Waals surface area contributed by atoms with Crippen LogP contribution in [0, 0.1) is 13.8 Å². The normalized spacial score (nSPS) is 14.4. The molecule has 8 heteroatoms. The van der Waals surface area contributed by atoms with Gasteiger partial charge in [-0.3, -0.25) is 4.79 Å². The van der Waals surface area contributed by atoms with Gasteiger partial charge in [-0.1, -0.05) is 18.2 Å². The summed E-state index contributed by atoms with van der Waals surface area (Å²) in [6.07, 6.45) is 3.57. The summed E-state index contributed by atoms with van der Waals surface area (Å²) in [5.41, 5.74) is 3.09. The fourth-order valence-corrected chi connectivity index (χ4v) is 4.20. The largest absolute Gasteiger partial charge is 0.353 e. The Kier molecular flexibility index (Phi) is 4.89. The first-order valence-electron chi connectivity index (χ1n) is 10.5. The molecule has 1 amide bonds. The van der Waals surface area contributed by atoms with E-state index < -0.39 is 0 Å². The van der Waals surface area contributed by atoms with Gasteiger partial charge in [0.05, 0.1) is 5.69 Å². The monoisotopic (exact) mass is 415 g/mol. The maximum Gasteiger partial charge on any atom is 0.242 e. The Morgan fingerprint density at radius 2 is 1.74 bits per heavy atom. The molecule has 0 bridgehead atoms. The van der Waals surface area contributed by atoms with Crippen LogP contribution in [0.15, 0.2) is 55.0 Å². The van der Waals surface area contributed by atoms with Crippen molar-refractivity contribution in [3.63, 3.8) is 0 Å². The first kappa shape index (κ1) is 19.3. The molecule has 1 fully saturated rings. The Hall–Kier alpha value is -3.68. The lowest BCUT2D eigenvalue weighted by Crippen LogP contribution is -2.49. The topological polar surface area (TPSA) is 72.1 Å². The molecule has 0 N–H and O–H groups in total. The molecule has 0 atom stereocenters. The highest BCUT2D eigenvalue weighted by Gasteiger charge is 2.23. The van der Waals surface area contributed by atoms with Gasteiger partial charge in [-0.05, 0) is 37.4 Å². The summed E-state index contributed by atoms with van der Waals surface area (Å²) < 4.78 is 3.86. The average molecular weight is 416 g/mol. The number of fused-ring (bicyclic) bond motifs is 1. The zero-order valence-corrected chi connectivity index (χ0v) is 17.8. The van der Waals surface area contributed by atoms with Gasteiger partial charge in [0.1, 0.15) is 18.7 Å². The van der Waals surface area contributed by atoms with Crippen molar-refractivity contribution in [2.75, 3.05) is 31.1 Å². The fourth-order valence-electron chi connectivity index (χ4n) is 4.20. The molecule has 0 aliphatic carbocycles. The average Bonchev–Trinajstić information content (AvgIpc) is 3.36. The minimum absolute atomic E-state index is 0.145. The number of rotatable bonds is 4. The Bertz CT molecular complexity index is 1230. The van der Waals surface area contributed by atoms with Crippen LogP contribution in [0.4, 0.5) is 5.82 Å². The number of para-hydroxylation sites is 1. The van der Waals surface area contributed by atoms with Crippen molar-refractivity contribution in [3.05, 3.63) is 66.4 Å². The van der Waals surface area contributed by atoms with E-state index >= 15 is 0 Å². The molecule has 4 heterocycles. The highest BCUT2D eigenvalue weighted by molar-refractivity contribution is 5.83. The number of anilines is 1. The van der Waals surface area contributed by atoms with Gasteiger partial charge in [-0.2, -0.15) is 5.10 Å². The zero-order valence-electron chi connectivity index (χ0n) is 17.8. The molecule has 8 nitrogen and oxygen atoms in total. The second-order valence-electron chi connectivity index (χ2n) is 7.94. The van der Waals surface area contributed by atoms with Gasteiger partial charge in [0.25, 0.3) is 0 Å². The van der Waals surface area contributed by atoms with Crippen LogP contribution >= 0.6 is 0 Å². The molecule has 1 aromatic carbocycles. The fraction of sp³-hybridized carbons (Fsp3) is 0.304. The summed E-state index contributed by atoms with van der Waals surface area (Å²) >= 11 is 0. The van der Waals surface area contributed by atoms with Crippen molar-refractivity contribution in [1.29, 1.82) is 0 Å². The number of carbonyl (C=O) groups excluding carboxylic acids is 1. The number of aryl methyl sites for hydroxylation is 2. The van der Waals surface area contributed by atoms with Crippen LogP contribution in [0.25, 0.3) is 16.7 Å². The minimum atomic E-state index is 0.145. The number of carbonyl (C=O) groups is 1. The molecule has 1 aliphatic rings. The van der Waals surface area contributed by atoms with Crippen molar-refractivity contribution < 1.29 is 4.79 Å². The molecule has 31 heavy (non-hydrogen) atoms. The van der Waals surface area contributed by atoms with E-state index in [1.165, 1.54) is 0 Å². The highest BCUT2D eigenvalue weighted by Crippen LogP contribution is 2.19. The lowest BCUT2D eigenvalue weighted by atomic mass is 10.2. The van der Waals surface area contributed by atoms with Crippen LogP contribution in [-0.2, 0) is 11.3 Å². The van der Waals surface area contributed by atoms with E-state index in [4.69, 9.17) is 0 Å². The van der Waals surface area contributed by atoms with Crippen molar-refractivity contribution >= 4 is 22.6 Å². The first-order valence-corrected chi connectivity index (χ1v) is 10.5. The molecule has 0 saturated carbocycles. The molecule has 5 rings (SSSR count). The van der Waals surface area contributed by atoms with E-state index in [0.29, 0.717) is 19.6 Å². The lowest BCUT2D eigenvalue weighted by molar-refractivity contribution is -0.132. The van der Waals surface area contributed by atoms with E-state index in [0.717, 1.165) is 47.0 Å². The second kappa shape index (κ2) is 7.86. The Balaban J connectivity index is 1.25. The number of hydrogen-bond donors (Lipinski definition) is 0. The van der Waals surface area contributed by atoms with E-state index in [9.17, 15) is 4.79 Å². The van der Waals surface area contributed by atoms with Gasteiger partial charge in [0, 0.05) is 49.7 Å². The quantitative estimate of drug-likeness (QED) is 0.512. The van der Waals surface area contributed by atoms with Crippen molar-refractivity contribution in [3.8, 4) is 5.82 Å². The predicted molar refractivity (Wildman–Crippen MR) is 119 cm³/mol. The van der Waals surface area contributed by atoms with E-state index in [1.807, 2.05) is 58.5 Å². The van der Waals surface area contributed by atoms with E-state index in [1.54, 1.807) is 6.33 Å². The van der Waals surface area contributed by atoms with Gasteiger partial charge in [-0.25, -0.2) is 14.6 Å². The number of hydrogen-bond acceptors (Lipinski definition) is 5. The molecule has 3 aromatic heterocycles. The zero-order chi connectivity index (χ0) is 21.4. The van der Waals surface area contributed by atoms with Gasteiger partial charge >= 0.3 is 0 Å². The minimum Gasteiger partial charge on any atom is -0.353 e. The van der Waals surface area contributed by atoms with Crippen LogP contribution in [0.1, 0.15) is 11.4 Å². The summed E-state index contributed by atoms with van der Waals surface area (Å²) in [5, 5.41) is 5.67. The van der Waals surface area contributed by atoms with Gasteiger partial charge in [0.15, 0.2) is 5.82 Å². The molecule has 158 valence electrons. The third-order valence-corrected chi connectivity index (χ3v) is 5.81. The molecule has 1 saturated heterocycles. The maximum absolute atomic E-state index is 12.9. The molecule has 0 unspecified atom stereocenters. The summed E-state index contributed by atoms with van der Waals surface area (Å²) in [6.45, 7) is 7.19. The van der Waals surface area contributed by atoms with Crippen molar-refractivity contribution in [2.24, 2.45) is 0 Å². The number of benzene rings is 1. The summed E-state index contributed by atoms with van der Waals surface area (Å²) in [7, 11) is 0. The second-order valence-corrected chi connectivity index (χ2v) is 7.94. The summed E-state index contributed by atoms with van der Waals surface area (Å²) in [5.74, 6) is 1.77. The lowest BCUT2D eigenvalue weighted by Gasteiger charge is -2.35. The maximum atomic E-state index is 12.9. The van der Waals surface area contributed by atoms with Crippen LogP contribution in [0.2, 0.25) is 0 Å². The third kappa shape index (κ3) is 3.76. The van der Waals surface area contributed by atoms with Crippen LogP contribution in [-0.4, -0.2) is 61.3 Å². The molecular weight excluding hydrogens is 390 g/mol. The number of nitrogens with zero attached hydrogens (tertiary/aromatic N) is 7. The van der Waals surface area contributed by atoms with Crippen LogP contribution < -0.4 is 4.90 Å². The summed E-state index contributed by atoms with van der Waals surface area (Å²) in [4.78, 5) is 25.9. The predicted octanol–water partition coefficient (Wildman–Crippen LogP) is 2.58. The highest BCUT2D eigenvalue weighted by atomic mass is 16.2. The van der Waals surface area contributed by atoms with Gasteiger partial charge in [0.2, 0.25) is 5.91 Å². The molecule has 0 spiro atoms. The number of aromatic nitrogens is 5. The molecule has 4 aromatic rings. The Labute approximate surface area is 180 Å². The number of piperazine rings is 1. The third-order valence-electron chi connectivity index (χ3n) is 5.81. The van der Waals surface area contributed by atoms with E-state index in [-0.39, 0.29) is 5.91 Å². The summed E-state index contributed by atoms with van der Waals surface area (Å²) in [6, 6.07) is 14.2. The first-order chi connectivity index (χ1) is 15.1. The van der Waals surface area contributed by atoms with Gasteiger partial charge < -0.3 is 14.4 Å². The van der Waals surface area contributed by atoms with E-state index in [2.05, 4.69) is 38.2 Å². The SMILES string of the molecule is Cc1cc(C)n(-c2cc(N3CCN(C(=O)Cn4ccc5ccccc54)CC3)ncn2)n1. The Morgan fingerprint density at radius 3 is 2.52 bits per heavy atom. The smallest absolute Gasteiger partial charge is 0.242 e. The standard InChI is InChI=1S/C23H25N7O/c1-17-13-18(2)30(26-17)22-14-21(24-16-25-22)27-9-11-28(12-10-27)23(31)15-29-8-7-19-5-3-4-6-20(19)29/h3-8,13-14,16H,9-12,15H2,1-2H3. The van der Waals surface area contributed by atoms with Crippen molar-refractivity contribution in [1.82, 2.24) is 29.2 Å². The molecular formula is C23H25N7O. The number of amides is 1. The van der Waals surface area contributed by atoms with Crippen LogP contribution in [0.5, 0.6) is 0 Å². The van der Waals surface area contributed by atoms with Crippen LogP contribution in [0.3, 0.4) is 0 Å². The van der Waals surface area contributed by atoms with Gasteiger partial charge in [-0.15, -0.1) is 0 Å². The molecule has 0 radical (unpaired) electrons.